The van der Waals surface area contributed by atoms with Gasteiger partial charge in [0.2, 0.25) is 0 Å². The molecule has 6 heteroatoms. The molecule has 2 aromatic carbocycles. The predicted molar refractivity (Wildman–Crippen MR) is 119 cm³/mol. The Kier molecular flexibility index (Phi) is 7.45. The summed E-state index contributed by atoms with van der Waals surface area (Å²) in [4.78, 5) is 23.5. The number of hydrogen-bond acceptors (Lipinski definition) is 4. The molecule has 1 unspecified atom stereocenters. The minimum atomic E-state index is -0.895. The number of amides is 1. The van der Waals surface area contributed by atoms with Crippen LogP contribution < -0.4 is 10.6 Å². The molecule has 1 aliphatic rings. The normalized spacial score (nSPS) is 14.1. The van der Waals surface area contributed by atoms with Crippen LogP contribution in [0.25, 0.3) is 0 Å². The van der Waals surface area contributed by atoms with E-state index in [2.05, 4.69) is 28.8 Å². The standard InChI is InChI=1S/C25H27N3O3/c1-2-23(20-10-9-18-5-3-4-6-19(18)14-20)28-25(31)21(15-26)16-27-22-11-7-17(8-12-22)13-24(29)30/h7-12,14,16,23,27H,2-6,13H2,1H3,(H,28,31)(H,29,30)/b21-16-. The molecule has 1 amide bonds. The Morgan fingerprint density at radius 3 is 2.48 bits per heavy atom. The molecule has 6 nitrogen and oxygen atoms in total. The van der Waals surface area contributed by atoms with Gasteiger partial charge in [-0.1, -0.05) is 37.3 Å². The molecule has 3 N–H and O–H groups in total. The van der Waals surface area contributed by atoms with Gasteiger partial charge in [-0.3, -0.25) is 9.59 Å². The quantitative estimate of drug-likeness (QED) is 0.439. The van der Waals surface area contributed by atoms with E-state index < -0.39 is 11.9 Å². The molecule has 0 saturated carbocycles. The fraction of sp³-hybridized carbons (Fsp3) is 0.320. The molecule has 1 atom stereocenters. The third kappa shape index (κ3) is 5.95. The number of carbonyl (C=O) groups excluding carboxylic acids is 1. The monoisotopic (exact) mass is 417 g/mol. The molecule has 0 spiro atoms. The predicted octanol–water partition coefficient (Wildman–Crippen LogP) is 4.28. The van der Waals surface area contributed by atoms with E-state index in [9.17, 15) is 14.9 Å². The molecule has 0 aromatic heterocycles. The Morgan fingerprint density at radius 1 is 1.13 bits per heavy atom. The van der Waals surface area contributed by atoms with Crippen molar-refractivity contribution in [2.75, 3.05) is 5.32 Å². The Labute approximate surface area is 182 Å². The summed E-state index contributed by atoms with van der Waals surface area (Å²) in [5.41, 5.74) is 5.14. The van der Waals surface area contributed by atoms with Gasteiger partial charge in [0.15, 0.2) is 0 Å². The smallest absolute Gasteiger partial charge is 0.307 e. The van der Waals surface area contributed by atoms with Crippen molar-refractivity contribution in [3.8, 4) is 6.07 Å². The van der Waals surface area contributed by atoms with Gasteiger partial charge in [0.1, 0.15) is 11.6 Å². The maximum Gasteiger partial charge on any atom is 0.307 e. The van der Waals surface area contributed by atoms with Crippen molar-refractivity contribution >= 4 is 17.6 Å². The third-order valence-corrected chi connectivity index (χ3v) is 5.55. The molecule has 3 rings (SSSR count). The zero-order chi connectivity index (χ0) is 22.2. The van der Waals surface area contributed by atoms with Gasteiger partial charge in [0.05, 0.1) is 12.5 Å². The molecule has 0 bridgehead atoms. The average molecular weight is 418 g/mol. The Hall–Kier alpha value is -3.59. The fourth-order valence-corrected chi connectivity index (χ4v) is 3.82. The van der Waals surface area contributed by atoms with E-state index in [4.69, 9.17) is 5.11 Å². The number of carbonyl (C=O) groups is 2. The van der Waals surface area contributed by atoms with Crippen molar-refractivity contribution in [3.05, 3.63) is 76.5 Å². The number of benzene rings is 2. The van der Waals surface area contributed by atoms with Crippen LogP contribution in [0, 0.1) is 11.3 Å². The summed E-state index contributed by atoms with van der Waals surface area (Å²) in [5, 5.41) is 24.2. The first kappa shape index (κ1) is 22.1. The van der Waals surface area contributed by atoms with Crippen LogP contribution in [0.4, 0.5) is 5.69 Å². The van der Waals surface area contributed by atoms with Gasteiger partial charge in [-0.2, -0.15) is 5.26 Å². The van der Waals surface area contributed by atoms with Gasteiger partial charge in [0, 0.05) is 11.9 Å². The van der Waals surface area contributed by atoms with Gasteiger partial charge < -0.3 is 15.7 Å². The lowest BCUT2D eigenvalue weighted by Crippen LogP contribution is -2.29. The second kappa shape index (κ2) is 10.4. The molecule has 160 valence electrons. The Bertz CT molecular complexity index is 1020. The molecular formula is C25H27N3O3. The van der Waals surface area contributed by atoms with Gasteiger partial charge in [-0.05, 0) is 66.5 Å². The fourth-order valence-electron chi connectivity index (χ4n) is 3.82. The number of fused-ring (bicyclic) bond motifs is 1. The molecule has 1 aliphatic carbocycles. The number of anilines is 1. The topological polar surface area (TPSA) is 102 Å². The first-order chi connectivity index (χ1) is 15.0. The highest BCUT2D eigenvalue weighted by Crippen LogP contribution is 2.26. The van der Waals surface area contributed by atoms with Crippen LogP contribution >= 0.6 is 0 Å². The molecule has 0 heterocycles. The van der Waals surface area contributed by atoms with E-state index in [1.165, 1.54) is 30.2 Å². The van der Waals surface area contributed by atoms with Crippen molar-refractivity contribution in [2.45, 2.75) is 51.5 Å². The summed E-state index contributed by atoms with van der Waals surface area (Å²) >= 11 is 0. The number of aryl methyl sites for hydroxylation is 2. The van der Waals surface area contributed by atoms with Gasteiger partial charge in [-0.15, -0.1) is 0 Å². The van der Waals surface area contributed by atoms with Crippen molar-refractivity contribution in [1.82, 2.24) is 5.32 Å². The van der Waals surface area contributed by atoms with Gasteiger partial charge in [0.25, 0.3) is 5.91 Å². The lowest BCUT2D eigenvalue weighted by Gasteiger charge is -2.21. The van der Waals surface area contributed by atoms with Crippen LogP contribution in [-0.2, 0) is 28.9 Å². The molecule has 0 radical (unpaired) electrons. The molecular weight excluding hydrogens is 390 g/mol. The summed E-state index contributed by atoms with van der Waals surface area (Å²) < 4.78 is 0. The number of carboxylic acid groups (broad SMARTS) is 1. The van der Waals surface area contributed by atoms with Crippen molar-refractivity contribution in [1.29, 1.82) is 5.26 Å². The van der Waals surface area contributed by atoms with Crippen molar-refractivity contribution < 1.29 is 14.7 Å². The lowest BCUT2D eigenvalue weighted by atomic mass is 9.88. The maximum atomic E-state index is 12.7. The van der Waals surface area contributed by atoms with Gasteiger partial charge >= 0.3 is 5.97 Å². The van der Waals surface area contributed by atoms with Crippen molar-refractivity contribution in [3.63, 3.8) is 0 Å². The second-order valence-corrected chi connectivity index (χ2v) is 7.75. The average Bonchev–Trinajstić information content (AvgIpc) is 2.78. The maximum absolute atomic E-state index is 12.7. The van der Waals surface area contributed by atoms with Crippen LogP contribution in [0.5, 0.6) is 0 Å². The number of carboxylic acids is 1. The van der Waals surface area contributed by atoms with E-state index in [1.807, 2.05) is 13.0 Å². The van der Waals surface area contributed by atoms with Crippen molar-refractivity contribution in [2.24, 2.45) is 0 Å². The zero-order valence-corrected chi connectivity index (χ0v) is 17.6. The summed E-state index contributed by atoms with van der Waals surface area (Å²) in [6.45, 7) is 2.01. The summed E-state index contributed by atoms with van der Waals surface area (Å²) in [5.74, 6) is -1.32. The number of nitriles is 1. The van der Waals surface area contributed by atoms with E-state index in [0.29, 0.717) is 11.3 Å². The Morgan fingerprint density at radius 2 is 1.84 bits per heavy atom. The molecule has 31 heavy (non-hydrogen) atoms. The zero-order valence-electron chi connectivity index (χ0n) is 17.6. The highest BCUT2D eigenvalue weighted by atomic mass is 16.4. The summed E-state index contributed by atoms with van der Waals surface area (Å²) in [7, 11) is 0. The molecule has 2 aromatic rings. The largest absolute Gasteiger partial charge is 0.481 e. The molecule has 0 saturated heterocycles. The summed E-state index contributed by atoms with van der Waals surface area (Å²) in [6.07, 6.45) is 6.66. The summed E-state index contributed by atoms with van der Waals surface area (Å²) in [6, 6.07) is 15.0. The lowest BCUT2D eigenvalue weighted by molar-refractivity contribution is -0.136. The van der Waals surface area contributed by atoms with Crippen LogP contribution in [0.15, 0.2) is 54.2 Å². The minimum Gasteiger partial charge on any atom is -0.481 e. The highest BCUT2D eigenvalue weighted by Gasteiger charge is 2.18. The van der Waals surface area contributed by atoms with Crippen LogP contribution in [0.3, 0.4) is 0 Å². The number of aliphatic carboxylic acids is 1. The number of nitrogens with one attached hydrogen (secondary N) is 2. The minimum absolute atomic E-state index is 0.0222. The van der Waals surface area contributed by atoms with Crippen LogP contribution in [0.2, 0.25) is 0 Å². The van der Waals surface area contributed by atoms with Crippen LogP contribution in [0.1, 0.15) is 54.5 Å². The Balaban J connectivity index is 1.66. The highest BCUT2D eigenvalue weighted by molar-refractivity contribution is 5.97. The van der Waals surface area contributed by atoms with E-state index in [1.54, 1.807) is 24.3 Å². The number of hydrogen-bond donors (Lipinski definition) is 3. The van der Waals surface area contributed by atoms with E-state index in [-0.39, 0.29) is 18.0 Å². The second-order valence-electron chi connectivity index (χ2n) is 7.75. The van der Waals surface area contributed by atoms with E-state index >= 15 is 0 Å². The molecule has 0 fully saturated rings. The number of rotatable bonds is 8. The molecule has 0 aliphatic heterocycles. The SMILES string of the molecule is CCC(NC(=O)/C(C#N)=C\Nc1ccc(CC(=O)O)cc1)c1ccc2c(c1)CCCC2. The first-order valence-corrected chi connectivity index (χ1v) is 10.6. The van der Waals surface area contributed by atoms with Gasteiger partial charge in [-0.25, -0.2) is 0 Å². The number of nitrogens with zero attached hydrogens (tertiary/aromatic N) is 1. The first-order valence-electron chi connectivity index (χ1n) is 10.6. The third-order valence-electron chi connectivity index (χ3n) is 5.55. The van der Waals surface area contributed by atoms with Crippen LogP contribution in [-0.4, -0.2) is 17.0 Å². The van der Waals surface area contributed by atoms with E-state index in [0.717, 1.165) is 24.8 Å².